The van der Waals surface area contributed by atoms with Crippen LogP contribution in [0.15, 0.2) is 245 Å². The Labute approximate surface area is 361 Å². The fourth-order valence-corrected chi connectivity index (χ4v) is 8.73. The van der Waals surface area contributed by atoms with Crippen molar-refractivity contribution in [2.24, 2.45) is 9.98 Å². The second-order valence-corrected chi connectivity index (χ2v) is 15.7. The number of anilines is 2. The van der Waals surface area contributed by atoms with Gasteiger partial charge in [-0.3, -0.25) is 0 Å². The molecule has 0 spiro atoms. The first-order chi connectivity index (χ1) is 30.7. The van der Waals surface area contributed by atoms with Gasteiger partial charge >= 0.3 is 0 Å². The highest BCUT2D eigenvalue weighted by atomic mass is 16.3. The van der Waals surface area contributed by atoms with E-state index in [0.717, 1.165) is 79.1 Å². The third kappa shape index (κ3) is 7.10. The standard InChI is InChI=1S/C57H42N4O/c1-5-15-39(16-6-1)41-29-33-47(34-30-41)61(48-35-31-42(32-36-48)40-17-7-2-8-18-40)51-38-37-49(54-53(51)50-23-13-14-24-52(50)62-54)43-25-27-46(28-26-43)57-59-55(44-19-9-3-10-20-44)58-56(60-57)45-21-11-4-12-22-45/h1-31,33-38,42,55H,32H2,(H,58,59,60). The molecule has 2 heterocycles. The number of aliphatic imine (C=N–C) groups is 2. The first-order valence-electron chi connectivity index (χ1n) is 21.2. The number of hydrogen-bond acceptors (Lipinski definition) is 5. The van der Waals surface area contributed by atoms with E-state index < -0.39 is 0 Å². The summed E-state index contributed by atoms with van der Waals surface area (Å²) in [5, 5.41) is 5.76. The van der Waals surface area contributed by atoms with Crippen molar-refractivity contribution in [1.82, 2.24) is 5.32 Å². The molecule has 2 aliphatic rings. The van der Waals surface area contributed by atoms with Gasteiger partial charge in [0.05, 0.1) is 11.1 Å². The monoisotopic (exact) mass is 798 g/mol. The summed E-state index contributed by atoms with van der Waals surface area (Å²) >= 11 is 0. The Morgan fingerprint density at radius 2 is 1.13 bits per heavy atom. The molecule has 0 bridgehead atoms. The summed E-state index contributed by atoms with van der Waals surface area (Å²) in [6.07, 6.45) is 7.64. The maximum atomic E-state index is 6.86. The van der Waals surface area contributed by atoms with Gasteiger partial charge in [0.1, 0.15) is 23.2 Å². The molecule has 2 unspecified atom stereocenters. The normalized spacial score (nSPS) is 16.0. The summed E-state index contributed by atoms with van der Waals surface area (Å²) in [6.45, 7) is 0. The first-order valence-corrected chi connectivity index (χ1v) is 21.2. The molecule has 8 aromatic carbocycles. The number of allylic oxidation sites excluding steroid dienone is 3. The van der Waals surface area contributed by atoms with Crippen molar-refractivity contribution in [3.05, 3.63) is 252 Å². The molecule has 1 aromatic heterocycles. The summed E-state index contributed by atoms with van der Waals surface area (Å²) < 4.78 is 6.86. The van der Waals surface area contributed by atoms with Gasteiger partial charge in [-0.15, -0.1) is 0 Å². The lowest BCUT2D eigenvalue weighted by Gasteiger charge is -2.30. The number of rotatable bonds is 9. The van der Waals surface area contributed by atoms with Gasteiger partial charge in [-0.1, -0.05) is 188 Å². The van der Waals surface area contributed by atoms with E-state index in [1.54, 1.807) is 0 Å². The second kappa shape index (κ2) is 16.2. The van der Waals surface area contributed by atoms with Gasteiger partial charge in [0.25, 0.3) is 0 Å². The van der Waals surface area contributed by atoms with Crippen molar-refractivity contribution >= 4 is 45.0 Å². The number of hydrogen-bond donors (Lipinski definition) is 1. The minimum absolute atomic E-state index is 0.267. The van der Waals surface area contributed by atoms with Crippen LogP contribution in [-0.4, -0.2) is 11.7 Å². The fourth-order valence-electron chi connectivity index (χ4n) is 8.73. The number of furan rings is 1. The first kappa shape index (κ1) is 37.0. The molecule has 11 rings (SSSR count). The number of amidine groups is 2. The van der Waals surface area contributed by atoms with Crippen LogP contribution in [0.4, 0.5) is 11.4 Å². The Bertz CT molecular complexity index is 3150. The van der Waals surface area contributed by atoms with E-state index >= 15 is 0 Å². The van der Waals surface area contributed by atoms with Crippen molar-refractivity contribution in [3.8, 4) is 22.3 Å². The van der Waals surface area contributed by atoms with Crippen LogP contribution in [0.3, 0.4) is 0 Å². The molecule has 0 saturated heterocycles. The highest BCUT2D eigenvalue weighted by molar-refractivity contribution is 6.17. The molecule has 0 radical (unpaired) electrons. The minimum Gasteiger partial charge on any atom is -0.455 e. The van der Waals surface area contributed by atoms with Gasteiger partial charge < -0.3 is 14.6 Å². The summed E-state index contributed by atoms with van der Waals surface area (Å²) in [5.74, 6) is 1.80. The van der Waals surface area contributed by atoms with Gasteiger partial charge in [-0.05, 0) is 70.6 Å². The Balaban J connectivity index is 0.999. The molecule has 2 atom stereocenters. The van der Waals surface area contributed by atoms with Crippen LogP contribution in [0.1, 0.15) is 40.8 Å². The summed E-state index contributed by atoms with van der Waals surface area (Å²) in [5.41, 5.74) is 13.8. The van der Waals surface area contributed by atoms with Crippen LogP contribution in [0.5, 0.6) is 0 Å². The molecule has 0 amide bonds. The average molecular weight is 799 g/mol. The van der Waals surface area contributed by atoms with Crippen LogP contribution >= 0.6 is 0 Å². The van der Waals surface area contributed by atoms with Crippen LogP contribution in [0, 0.1) is 0 Å². The third-order valence-corrected chi connectivity index (χ3v) is 11.9. The van der Waals surface area contributed by atoms with Gasteiger partial charge in [-0.2, -0.15) is 0 Å². The van der Waals surface area contributed by atoms with Crippen LogP contribution in [0.2, 0.25) is 0 Å². The Kier molecular flexibility index (Phi) is 9.68. The number of nitrogens with one attached hydrogen (secondary N) is 1. The van der Waals surface area contributed by atoms with Crippen molar-refractivity contribution < 1.29 is 4.42 Å². The van der Waals surface area contributed by atoms with Gasteiger partial charge in [0, 0.05) is 39.4 Å². The summed E-state index contributed by atoms with van der Waals surface area (Å²) in [4.78, 5) is 12.5. The number of nitrogens with zero attached hydrogens (tertiary/aromatic N) is 3. The van der Waals surface area contributed by atoms with E-state index in [-0.39, 0.29) is 6.17 Å². The average Bonchev–Trinajstić information content (AvgIpc) is 3.76. The molecule has 296 valence electrons. The predicted molar refractivity (Wildman–Crippen MR) is 256 cm³/mol. The second-order valence-electron chi connectivity index (χ2n) is 15.7. The van der Waals surface area contributed by atoms with Crippen molar-refractivity contribution in [2.45, 2.75) is 18.5 Å². The molecule has 0 fully saturated rings. The molecule has 1 aliphatic heterocycles. The smallest absolute Gasteiger partial charge is 0.159 e. The van der Waals surface area contributed by atoms with Crippen molar-refractivity contribution in [1.29, 1.82) is 0 Å². The van der Waals surface area contributed by atoms with Crippen LogP contribution in [-0.2, 0) is 0 Å². The fraction of sp³-hybridized carbons (Fsp3) is 0.0526. The lowest BCUT2D eigenvalue weighted by molar-refractivity contribution is 0.670. The molecule has 62 heavy (non-hydrogen) atoms. The zero-order valence-corrected chi connectivity index (χ0v) is 34.0. The molecular weight excluding hydrogens is 757 g/mol. The third-order valence-electron chi connectivity index (χ3n) is 11.9. The summed E-state index contributed by atoms with van der Waals surface area (Å²) in [6, 6.07) is 72.2. The topological polar surface area (TPSA) is 53.1 Å². The number of fused-ring (bicyclic) bond motifs is 3. The molecule has 1 aliphatic carbocycles. The summed E-state index contributed by atoms with van der Waals surface area (Å²) in [7, 11) is 0. The van der Waals surface area contributed by atoms with E-state index in [1.165, 1.54) is 16.7 Å². The maximum Gasteiger partial charge on any atom is 0.159 e. The SMILES string of the molecule is C1=CC(c2ccccc2)CC=C1N(c1ccc(-c2ccccc2)cc1)c1ccc(-c2ccc(C3=NC(c4ccccc4)=NC(c4ccccc4)N3)cc2)c2oc3ccccc3c12. The van der Waals surface area contributed by atoms with E-state index in [2.05, 4.69) is 192 Å². The zero-order chi connectivity index (χ0) is 41.2. The van der Waals surface area contributed by atoms with E-state index in [1.807, 2.05) is 42.5 Å². The largest absolute Gasteiger partial charge is 0.455 e. The van der Waals surface area contributed by atoms with Crippen LogP contribution in [0.25, 0.3) is 44.2 Å². The van der Waals surface area contributed by atoms with Gasteiger partial charge in [-0.25, -0.2) is 9.98 Å². The van der Waals surface area contributed by atoms with Gasteiger partial charge in [0.15, 0.2) is 5.84 Å². The Morgan fingerprint density at radius 3 is 1.82 bits per heavy atom. The molecule has 1 N–H and O–H groups in total. The molecule has 5 nitrogen and oxygen atoms in total. The van der Waals surface area contributed by atoms with E-state index in [9.17, 15) is 0 Å². The molecule has 9 aromatic rings. The quantitative estimate of drug-likeness (QED) is 0.158. The zero-order valence-electron chi connectivity index (χ0n) is 34.0. The highest BCUT2D eigenvalue weighted by Gasteiger charge is 2.25. The highest BCUT2D eigenvalue weighted by Crippen LogP contribution is 2.46. The molecule has 0 saturated carbocycles. The Hall–Kier alpha value is -8.02. The predicted octanol–water partition coefficient (Wildman–Crippen LogP) is 14.2. The molecular formula is C57H42N4O. The lowest BCUT2D eigenvalue weighted by atomic mass is 9.91. The molecule has 5 heteroatoms. The van der Waals surface area contributed by atoms with E-state index in [4.69, 9.17) is 14.4 Å². The van der Waals surface area contributed by atoms with E-state index in [0.29, 0.717) is 11.8 Å². The van der Waals surface area contributed by atoms with Gasteiger partial charge in [0.2, 0.25) is 0 Å². The Morgan fingerprint density at radius 1 is 0.532 bits per heavy atom. The van der Waals surface area contributed by atoms with Crippen molar-refractivity contribution in [3.63, 3.8) is 0 Å². The maximum absolute atomic E-state index is 6.86. The number of para-hydroxylation sites is 1. The lowest BCUT2D eigenvalue weighted by Crippen LogP contribution is -2.33. The van der Waals surface area contributed by atoms with Crippen LogP contribution < -0.4 is 10.2 Å². The number of benzene rings is 8. The van der Waals surface area contributed by atoms with Crippen molar-refractivity contribution in [2.75, 3.05) is 4.90 Å². The minimum atomic E-state index is -0.267.